The lowest BCUT2D eigenvalue weighted by atomic mass is 10.1. The van der Waals surface area contributed by atoms with Gasteiger partial charge in [-0.15, -0.1) is 0 Å². The molecule has 0 aliphatic heterocycles. The SMILES string of the molecule is COCc1cccc(C(=O)OC(C)C(=O)N(C(C)C)C(C)C)c1. The molecule has 0 heterocycles. The lowest BCUT2D eigenvalue weighted by molar-refractivity contribution is -0.143. The third kappa shape index (κ3) is 5.36. The van der Waals surface area contributed by atoms with Crippen molar-refractivity contribution >= 4 is 11.9 Å². The van der Waals surface area contributed by atoms with Crippen LogP contribution in [0.3, 0.4) is 0 Å². The van der Waals surface area contributed by atoms with Crippen molar-refractivity contribution in [2.45, 2.75) is 59.4 Å². The number of amides is 1. The van der Waals surface area contributed by atoms with Crippen molar-refractivity contribution in [2.75, 3.05) is 7.11 Å². The van der Waals surface area contributed by atoms with Crippen LogP contribution in [0.2, 0.25) is 0 Å². The number of benzene rings is 1. The maximum Gasteiger partial charge on any atom is 0.338 e. The fourth-order valence-corrected chi connectivity index (χ4v) is 2.55. The van der Waals surface area contributed by atoms with E-state index in [9.17, 15) is 9.59 Å². The fraction of sp³-hybridized carbons (Fsp3) is 0.556. The van der Waals surface area contributed by atoms with E-state index in [0.717, 1.165) is 5.56 Å². The van der Waals surface area contributed by atoms with Crippen molar-refractivity contribution in [2.24, 2.45) is 0 Å². The molecule has 1 atom stereocenters. The Morgan fingerprint density at radius 3 is 2.22 bits per heavy atom. The van der Waals surface area contributed by atoms with Gasteiger partial charge < -0.3 is 14.4 Å². The number of carbonyl (C=O) groups excluding carboxylic acids is 2. The van der Waals surface area contributed by atoms with Crippen LogP contribution >= 0.6 is 0 Å². The number of hydrogen-bond acceptors (Lipinski definition) is 4. The van der Waals surface area contributed by atoms with Gasteiger partial charge in [-0.1, -0.05) is 12.1 Å². The highest BCUT2D eigenvalue weighted by atomic mass is 16.5. The Morgan fingerprint density at radius 1 is 1.09 bits per heavy atom. The van der Waals surface area contributed by atoms with E-state index in [1.165, 1.54) is 0 Å². The first-order valence-electron chi connectivity index (χ1n) is 7.89. The summed E-state index contributed by atoms with van der Waals surface area (Å²) in [5.74, 6) is -0.687. The summed E-state index contributed by atoms with van der Waals surface area (Å²) < 4.78 is 10.4. The zero-order valence-electron chi connectivity index (χ0n) is 14.8. The Morgan fingerprint density at radius 2 is 1.70 bits per heavy atom. The second kappa shape index (κ2) is 8.67. The van der Waals surface area contributed by atoms with Gasteiger partial charge in [0.15, 0.2) is 6.10 Å². The molecule has 0 N–H and O–H groups in total. The van der Waals surface area contributed by atoms with E-state index in [2.05, 4.69) is 0 Å². The summed E-state index contributed by atoms with van der Waals surface area (Å²) in [7, 11) is 1.60. The molecule has 0 fully saturated rings. The minimum Gasteiger partial charge on any atom is -0.449 e. The first-order valence-corrected chi connectivity index (χ1v) is 7.89. The maximum absolute atomic E-state index is 12.5. The van der Waals surface area contributed by atoms with Crippen LogP contribution in [0.1, 0.15) is 50.5 Å². The van der Waals surface area contributed by atoms with E-state index in [-0.39, 0.29) is 18.0 Å². The largest absolute Gasteiger partial charge is 0.449 e. The zero-order valence-corrected chi connectivity index (χ0v) is 14.8. The van der Waals surface area contributed by atoms with Gasteiger partial charge in [-0.25, -0.2) is 4.79 Å². The van der Waals surface area contributed by atoms with Crippen LogP contribution in [0.5, 0.6) is 0 Å². The van der Waals surface area contributed by atoms with Gasteiger partial charge in [-0.3, -0.25) is 4.79 Å². The summed E-state index contributed by atoms with van der Waals surface area (Å²) in [5.41, 5.74) is 1.30. The van der Waals surface area contributed by atoms with Crippen molar-refractivity contribution in [1.82, 2.24) is 4.90 Å². The molecule has 1 aromatic rings. The van der Waals surface area contributed by atoms with Crippen molar-refractivity contribution in [3.63, 3.8) is 0 Å². The van der Waals surface area contributed by atoms with Crippen molar-refractivity contribution < 1.29 is 19.1 Å². The quantitative estimate of drug-likeness (QED) is 0.724. The fourth-order valence-electron chi connectivity index (χ4n) is 2.55. The molecule has 1 amide bonds. The van der Waals surface area contributed by atoms with Gasteiger partial charge in [-0.2, -0.15) is 0 Å². The Hall–Kier alpha value is -1.88. The molecule has 0 aliphatic rings. The number of nitrogens with zero attached hydrogens (tertiary/aromatic N) is 1. The third-order valence-electron chi connectivity index (χ3n) is 3.47. The molecule has 0 radical (unpaired) electrons. The Labute approximate surface area is 138 Å². The van der Waals surface area contributed by atoms with Gasteiger partial charge in [0.1, 0.15) is 0 Å². The smallest absolute Gasteiger partial charge is 0.338 e. The Bertz CT molecular complexity index is 532. The molecule has 0 aliphatic carbocycles. The highest BCUT2D eigenvalue weighted by molar-refractivity contribution is 5.92. The van der Waals surface area contributed by atoms with Crippen LogP contribution < -0.4 is 0 Å². The topological polar surface area (TPSA) is 55.8 Å². The standard InChI is InChI=1S/C18H27NO4/c1-12(2)19(13(3)4)17(20)14(5)23-18(21)16-9-7-8-15(10-16)11-22-6/h7-10,12-14H,11H2,1-6H3. The molecule has 0 bridgehead atoms. The summed E-state index contributed by atoms with van der Waals surface area (Å²) in [6, 6.07) is 7.12. The zero-order chi connectivity index (χ0) is 17.6. The second-order valence-electron chi connectivity index (χ2n) is 6.11. The van der Waals surface area contributed by atoms with Crippen LogP contribution in [0.25, 0.3) is 0 Å². The summed E-state index contributed by atoms with van der Waals surface area (Å²) in [5, 5.41) is 0. The van der Waals surface area contributed by atoms with Crippen molar-refractivity contribution in [3.05, 3.63) is 35.4 Å². The van der Waals surface area contributed by atoms with Gasteiger partial charge in [0.25, 0.3) is 5.91 Å². The first kappa shape index (κ1) is 19.2. The summed E-state index contributed by atoms with van der Waals surface area (Å²) in [4.78, 5) is 26.5. The molecular formula is C18H27NO4. The number of rotatable bonds is 7. The lowest BCUT2D eigenvalue weighted by Gasteiger charge is -2.32. The van der Waals surface area contributed by atoms with Crippen LogP contribution in [0, 0.1) is 0 Å². The van der Waals surface area contributed by atoms with Crippen molar-refractivity contribution in [3.8, 4) is 0 Å². The molecule has 1 rings (SSSR count). The van der Waals surface area contributed by atoms with Crippen molar-refractivity contribution in [1.29, 1.82) is 0 Å². The molecule has 1 unspecified atom stereocenters. The van der Waals surface area contributed by atoms with E-state index in [1.807, 2.05) is 33.8 Å². The second-order valence-corrected chi connectivity index (χ2v) is 6.11. The summed E-state index contributed by atoms with van der Waals surface area (Å²) in [6.45, 7) is 9.81. The van der Waals surface area contributed by atoms with E-state index in [0.29, 0.717) is 12.2 Å². The van der Waals surface area contributed by atoms with Crippen LogP contribution in [-0.2, 0) is 20.9 Å². The van der Waals surface area contributed by atoms with Gasteiger partial charge in [0, 0.05) is 19.2 Å². The molecule has 1 aromatic carbocycles. The van der Waals surface area contributed by atoms with E-state index in [1.54, 1.807) is 37.1 Å². The predicted molar refractivity (Wildman–Crippen MR) is 89.2 cm³/mol. The minimum atomic E-state index is -0.821. The number of carbonyl (C=O) groups is 2. The molecule has 0 aromatic heterocycles. The maximum atomic E-state index is 12.5. The first-order chi connectivity index (χ1) is 10.8. The highest BCUT2D eigenvalue weighted by Crippen LogP contribution is 2.13. The van der Waals surface area contributed by atoms with Crippen LogP contribution in [0.4, 0.5) is 0 Å². The molecule has 0 saturated carbocycles. The molecule has 5 nitrogen and oxygen atoms in total. The van der Waals surface area contributed by atoms with E-state index in [4.69, 9.17) is 9.47 Å². The number of hydrogen-bond donors (Lipinski definition) is 0. The molecule has 0 saturated heterocycles. The molecule has 5 heteroatoms. The van der Waals surface area contributed by atoms with E-state index >= 15 is 0 Å². The Balaban J connectivity index is 2.79. The van der Waals surface area contributed by atoms with Crippen LogP contribution in [0.15, 0.2) is 24.3 Å². The molecule has 128 valence electrons. The van der Waals surface area contributed by atoms with E-state index < -0.39 is 12.1 Å². The molecule has 0 spiro atoms. The van der Waals surface area contributed by atoms with Gasteiger partial charge in [0.2, 0.25) is 0 Å². The Kier molecular flexibility index (Phi) is 7.23. The summed E-state index contributed by atoms with van der Waals surface area (Å²) >= 11 is 0. The average Bonchev–Trinajstić information content (AvgIpc) is 2.46. The normalized spacial score (nSPS) is 12.3. The van der Waals surface area contributed by atoms with Gasteiger partial charge in [-0.05, 0) is 52.3 Å². The average molecular weight is 321 g/mol. The third-order valence-corrected chi connectivity index (χ3v) is 3.47. The molecular weight excluding hydrogens is 294 g/mol. The number of esters is 1. The van der Waals surface area contributed by atoms with Gasteiger partial charge in [0.05, 0.1) is 12.2 Å². The number of methoxy groups -OCH3 is 1. The lowest BCUT2D eigenvalue weighted by Crippen LogP contribution is -2.47. The highest BCUT2D eigenvalue weighted by Gasteiger charge is 2.27. The monoisotopic (exact) mass is 321 g/mol. The van der Waals surface area contributed by atoms with Crippen LogP contribution in [-0.4, -0.2) is 42.1 Å². The number of ether oxygens (including phenoxy) is 2. The summed E-state index contributed by atoms with van der Waals surface area (Å²) in [6.07, 6.45) is -0.821. The minimum absolute atomic E-state index is 0.0497. The van der Waals surface area contributed by atoms with Gasteiger partial charge >= 0.3 is 5.97 Å². The predicted octanol–water partition coefficient (Wildman–Crippen LogP) is 3.02. The molecule has 23 heavy (non-hydrogen) atoms.